The second-order valence-electron chi connectivity index (χ2n) is 4.24. The third-order valence-electron chi connectivity index (χ3n) is 2.73. The Bertz CT molecular complexity index is 731. The fourth-order valence-corrected chi connectivity index (χ4v) is 2.39. The molecule has 0 unspecified atom stereocenters. The summed E-state index contributed by atoms with van der Waals surface area (Å²) in [6.07, 6.45) is 0. The Morgan fingerprint density at radius 1 is 1.20 bits per heavy atom. The molecular formula is C15H12N2O2S. The van der Waals surface area contributed by atoms with Gasteiger partial charge in [-0.25, -0.2) is 4.98 Å². The predicted octanol–water partition coefficient (Wildman–Crippen LogP) is 3.96. The van der Waals surface area contributed by atoms with Gasteiger partial charge in [-0.2, -0.15) is 0 Å². The minimum Gasteiger partial charge on any atom is -0.449 e. The molecule has 0 spiro atoms. The Morgan fingerprint density at radius 2 is 2.00 bits per heavy atom. The number of nitrogens with one attached hydrogen (secondary N) is 1. The summed E-state index contributed by atoms with van der Waals surface area (Å²) in [6.45, 7) is 1.93. The van der Waals surface area contributed by atoms with E-state index in [1.807, 2.05) is 42.6 Å². The molecule has 0 aliphatic rings. The summed E-state index contributed by atoms with van der Waals surface area (Å²) in [5.74, 6) is 0.608. The number of aryl methyl sites for hydroxylation is 1. The fourth-order valence-electron chi connectivity index (χ4n) is 1.79. The second-order valence-corrected chi connectivity index (χ2v) is 5.30. The van der Waals surface area contributed by atoms with Crippen molar-refractivity contribution in [1.29, 1.82) is 0 Å². The third-order valence-corrected chi connectivity index (χ3v) is 3.51. The zero-order chi connectivity index (χ0) is 13.9. The lowest BCUT2D eigenvalue weighted by atomic mass is 10.3. The van der Waals surface area contributed by atoms with E-state index in [-0.39, 0.29) is 11.7 Å². The molecule has 0 saturated heterocycles. The van der Waals surface area contributed by atoms with Crippen LogP contribution >= 0.6 is 11.3 Å². The van der Waals surface area contributed by atoms with E-state index in [2.05, 4.69) is 10.3 Å². The van der Waals surface area contributed by atoms with Crippen molar-refractivity contribution in [3.8, 4) is 11.5 Å². The van der Waals surface area contributed by atoms with Crippen LogP contribution in [0.4, 0.5) is 5.69 Å². The van der Waals surface area contributed by atoms with Gasteiger partial charge in [-0.1, -0.05) is 18.2 Å². The maximum atomic E-state index is 12.0. The molecular weight excluding hydrogens is 272 g/mol. The average molecular weight is 284 g/mol. The van der Waals surface area contributed by atoms with Gasteiger partial charge in [0.1, 0.15) is 5.69 Å². The number of hydrogen-bond donors (Lipinski definition) is 1. The first-order valence-electron chi connectivity index (χ1n) is 6.11. The summed E-state index contributed by atoms with van der Waals surface area (Å²) in [5.41, 5.74) is 1.49. The number of carbonyl (C=O) groups excluding carboxylic acids is 1. The molecule has 4 nitrogen and oxygen atoms in total. The fraction of sp³-hybridized carbons (Fsp3) is 0.0667. The van der Waals surface area contributed by atoms with Crippen LogP contribution in [0, 0.1) is 6.92 Å². The maximum absolute atomic E-state index is 12.0. The van der Waals surface area contributed by atoms with Crippen molar-refractivity contribution in [3.05, 3.63) is 58.6 Å². The molecule has 3 aromatic rings. The number of furan rings is 1. The number of para-hydroxylation sites is 1. The number of hydrogen-bond acceptors (Lipinski definition) is 4. The van der Waals surface area contributed by atoms with Crippen LogP contribution in [0.1, 0.15) is 15.6 Å². The van der Waals surface area contributed by atoms with E-state index in [0.29, 0.717) is 5.76 Å². The van der Waals surface area contributed by atoms with Crippen LogP contribution in [0.25, 0.3) is 11.5 Å². The molecule has 2 aromatic heterocycles. The highest BCUT2D eigenvalue weighted by Gasteiger charge is 2.13. The highest BCUT2D eigenvalue weighted by atomic mass is 32.1. The van der Waals surface area contributed by atoms with E-state index in [1.54, 1.807) is 23.5 Å². The molecule has 20 heavy (non-hydrogen) atoms. The molecule has 3 rings (SSSR count). The van der Waals surface area contributed by atoms with E-state index >= 15 is 0 Å². The first-order valence-corrected chi connectivity index (χ1v) is 6.99. The van der Waals surface area contributed by atoms with Gasteiger partial charge in [0.05, 0.1) is 5.01 Å². The number of benzene rings is 1. The van der Waals surface area contributed by atoms with Crippen molar-refractivity contribution in [3.63, 3.8) is 0 Å². The predicted molar refractivity (Wildman–Crippen MR) is 78.9 cm³/mol. The average Bonchev–Trinajstić information content (AvgIpc) is 3.08. The number of amides is 1. The van der Waals surface area contributed by atoms with Gasteiger partial charge < -0.3 is 9.73 Å². The van der Waals surface area contributed by atoms with Crippen molar-refractivity contribution in [2.45, 2.75) is 6.92 Å². The molecule has 0 aliphatic heterocycles. The first-order chi connectivity index (χ1) is 9.72. The molecule has 1 aromatic carbocycles. The molecule has 100 valence electrons. The van der Waals surface area contributed by atoms with Crippen LogP contribution in [0.2, 0.25) is 0 Å². The maximum Gasteiger partial charge on any atom is 0.291 e. The highest BCUT2D eigenvalue weighted by molar-refractivity contribution is 7.09. The van der Waals surface area contributed by atoms with Crippen LogP contribution in [-0.2, 0) is 0 Å². The number of nitrogens with zero attached hydrogens (tertiary/aromatic N) is 1. The van der Waals surface area contributed by atoms with Crippen LogP contribution in [0.3, 0.4) is 0 Å². The minimum absolute atomic E-state index is 0.269. The van der Waals surface area contributed by atoms with Crippen LogP contribution in [-0.4, -0.2) is 10.9 Å². The van der Waals surface area contributed by atoms with E-state index < -0.39 is 0 Å². The lowest BCUT2D eigenvalue weighted by molar-refractivity contribution is 0.0997. The lowest BCUT2D eigenvalue weighted by Gasteiger charge is -2.01. The summed E-state index contributed by atoms with van der Waals surface area (Å²) in [6, 6.07) is 12.7. The van der Waals surface area contributed by atoms with Crippen LogP contribution < -0.4 is 5.32 Å². The minimum atomic E-state index is -0.269. The SMILES string of the molecule is Cc1nc(-c2ccc(C(=O)Nc3ccccc3)o2)cs1. The van der Waals surface area contributed by atoms with Crippen LogP contribution in [0.5, 0.6) is 0 Å². The summed E-state index contributed by atoms with van der Waals surface area (Å²) in [4.78, 5) is 16.4. The number of aromatic nitrogens is 1. The Hall–Kier alpha value is -2.40. The van der Waals surface area contributed by atoms with Gasteiger partial charge >= 0.3 is 0 Å². The molecule has 0 atom stereocenters. The number of carbonyl (C=O) groups is 1. The largest absolute Gasteiger partial charge is 0.449 e. The van der Waals surface area contributed by atoms with Crippen LogP contribution in [0.15, 0.2) is 52.3 Å². The molecule has 0 bridgehead atoms. The van der Waals surface area contributed by atoms with Gasteiger partial charge in [-0.15, -0.1) is 11.3 Å². The summed E-state index contributed by atoms with van der Waals surface area (Å²) in [7, 11) is 0. The van der Waals surface area contributed by atoms with Gasteiger partial charge in [0.2, 0.25) is 0 Å². The van der Waals surface area contributed by atoms with Gasteiger partial charge in [-0.3, -0.25) is 4.79 Å². The van der Waals surface area contributed by atoms with E-state index in [4.69, 9.17) is 4.42 Å². The molecule has 1 amide bonds. The topological polar surface area (TPSA) is 55.1 Å². The molecule has 0 radical (unpaired) electrons. The third kappa shape index (κ3) is 2.62. The quantitative estimate of drug-likeness (QED) is 0.792. The lowest BCUT2D eigenvalue weighted by Crippen LogP contribution is -2.10. The first kappa shape index (κ1) is 12.6. The van der Waals surface area contributed by atoms with Crippen molar-refractivity contribution in [1.82, 2.24) is 4.98 Å². The molecule has 2 heterocycles. The Balaban J connectivity index is 1.78. The van der Waals surface area contributed by atoms with Gasteiger partial charge in [-0.05, 0) is 31.2 Å². The zero-order valence-electron chi connectivity index (χ0n) is 10.8. The van der Waals surface area contributed by atoms with Crippen molar-refractivity contribution in [2.24, 2.45) is 0 Å². The van der Waals surface area contributed by atoms with E-state index in [9.17, 15) is 4.79 Å². The highest BCUT2D eigenvalue weighted by Crippen LogP contribution is 2.24. The summed E-state index contributed by atoms with van der Waals surface area (Å²) < 4.78 is 5.55. The van der Waals surface area contributed by atoms with Crippen molar-refractivity contribution in [2.75, 3.05) is 5.32 Å². The standard InChI is InChI=1S/C15H12N2O2S/c1-10-16-12(9-20-10)13-7-8-14(19-13)15(18)17-11-5-3-2-4-6-11/h2-9H,1H3,(H,17,18). The second kappa shape index (κ2) is 5.30. The number of thiazole rings is 1. The monoisotopic (exact) mass is 284 g/mol. The normalized spacial score (nSPS) is 10.4. The summed E-state index contributed by atoms with van der Waals surface area (Å²) in [5, 5.41) is 5.65. The Labute approximate surface area is 120 Å². The molecule has 0 fully saturated rings. The van der Waals surface area contributed by atoms with Gasteiger partial charge in [0.15, 0.2) is 11.5 Å². The number of rotatable bonds is 3. The molecule has 5 heteroatoms. The van der Waals surface area contributed by atoms with Gasteiger partial charge in [0, 0.05) is 11.1 Å². The smallest absolute Gasteiger partial charge is 0.291 e. The zero-order valence-corrected chi connectivity index (χ0v) is 11.6. The van der Waals surface area contributed by atoms with E-state index in [0.717, 1.165) is 16.4 Å². The Kier molecular flexibility index (Phi) is 3.35. The van der Waals surface area contributed by atoms with Gasteiger partial charge in [0.25, 0.3) is 5.91 Å². The van der Waals surface area contributed by atoms with Crippen molar-refractivity contribution < 1.29 is 9.21 Å². The Morgan fingerprint density at radius 3 is 2.70 bits per heavy atom. The summed E-state index contributed by atoms with van der Waals surface area (Å²) >= 11 is 1.55. The number of anilines is 1. The molecule has 0 aliphatic carbocycles. The van der Waals surface area contributed by atoms with E-state index in [1.165, 1.54) is 0 Å². The van der Waals surface area contributed by atoms with Crippen molar-refractivity contribution >= 4 is 22.9 Å². The molecule has 0 saturated carbocycles. The molecule has 1 N–H and O–H groups in total.